The second kappa shape index (κ2) is 4.47. The van der Waals surface area contributed by atoms with Crippen LogP contribution in [-0.4, -0.2) is 17.2 Å². The van der Waals surface area contributed by atoms with Gasteiger partial charge in [0, 0.05) is 22.7 Å². The normalized spacial score (nSPS) is 10.5. The highest BCUT2D eigenvalue weighted by Crippen LogP contribution is 2.28. The summed E-state index contributed by atoms with van der Waals surface area (Å²) < 4.78 is 0. The summed E-state index contributed by atoms with van der Waals surface area (Å²) in [6.07, 6.45) is 1.81. The number of hydrogen-bond acceptors (Lipinski definition) is 2. The lowest BCUT2D eigenvalue weighted by Crippen LogP contribution is -2.05. The van der Waals surface area contributed by atoms with Crippen LogP contribution in [0.15, 0.2) is 30.5 Å². The Hall–Kier alpha value is -1.32. The van der Waals surface area contributed by atoms with E-state index < -0.39 is 0 Å². The van der Waals surface area contributed by atoms with Crippen LogP contribution in [0.25, 0.3) is 11.3 Å². The molecule has 2 rings (SSSR count). The first-order chi connectivity index (χ1) is 7.33. The summed E-state index contributed by atoms with van der Waals surface area (Å²) in [7, 11) is 1.91. The van der Waals surface area contributed by atoms with E-state index >= 15 is 0 Å². The highest BCUT2D eigenvalue weighted by Gasteiger charge is 2.09. The zero-order chi connectivity index (χ0) is 10.7. The molecule has 2 aromatic rings. The molecular formula is C11H12ClN3. The Morgan fingerprint density at radius 1 is 1.40 bits per heavy atom. The van der Waals surface area contributed by atoms with Gasteiger partial charge in [0.1, 0.15) is 0 Å². The molecule has 0 saturated carbocycles. The molecule has 0 aliphatic carbocycles. The van der Waals surface area contributed by atoms with Crippen LogP contribution in [-0.2, 0) is 6.54 Å². The SMILES string of the molecule is CNCc1cn[nH]c1-c1ccccc1Cl. The Morgan fingerprint density at radius 2 is 2.20 bits per heavy atom. The molecule has 0 amide bonds. The van der Waals surface area contributed by atoms with E-state index in [0.29, 0.717) is 0 Å². The minimum atomic E-state index is 0.735. The zero-order valence-electron chi connectivity index (χ0n) is 8.42. The van der Waals surface area contributed by atoms with E-state index in [2.05, 4.69) is 15.5 Å². The van der Waals surface area contributed by atoms with Crippen molar-refractivity contribution >= 4 is 11.6 Å². The Kier molecular flexibility index (Phi) is 3.04. The van der Waals surface area contributed by atoms with Crippen molar-refractivity contribution in [3.8, 4) is 11.3 Å². The fourth-order valence-electron chi connectivity index (χ4n) is 1.53. The standard InChI is InChI=1S/C11H12ClN3/c1-13-6-8-7-14-15-11(8)9-4-2-3-5-10(9)12/h2-5,7,13H,6H2,1H3,(H,14,15). The van der Waals surface area contributed by atoms with Crippen molar-refractivity contribution in [2.45, 2.75) is 6.54 Å². The molecule has 2 N–H and O–H groups in total. The molecule has 0 atom stereocenters. The lowest BCUT2D eigenvalue weighted by Gasteiger charge is -2.04. The molecule has 78 valence electrons. The van der Waals surface area contributed by atoms with Crippen molar-refractivity contribution in [3.05, 3.63) is 41.0 Å². The van der Waals surface area contributed by atoms with Gasteiger partial charge in [-0.15, -0.1) is 0 Å². The number of nitrogens with one attached hydrogen (secondary N) is 2. The first-order valence-electron chi connectivity index (χ1n) is 4.74. The van der Waals surface area contributed by atoms with Crippen LogP contribution < -0.4 is 5.32 Å². The number of rotatable bonds is 3. The van der Waals surface area contributed by atoms with E-state index in [-0.39, 0.29) is 0 Å². The van der Waals surface area contributed by atoms with E-state index in [4.69, 9.17) is 11.6 Å². The molecule has 0 saturated heterocycles. The third-order valence-electron chi connectivity index (χ3n) is 2.23. The summed E-state index contributed by atoms with van der Waals surface area (Å²) in [6, 6.07) is 7.74. The first-order valence-corrected chi connectivity index (χ1v) is 5.12. The first kappa shape index (κ1) is 10.2. The predicted octanol–water partition coefficient (Wildman–Crippen LogP) is 2.45. The highest BCUT2D eigenvalue weighted by molar-refractivity contribution is 6.33. The van der Waals surface area contributed by atoms with Gasteiger partial charge in [0.25, 0.3) is 0 Å². The van der Waals surface area contributed by atoms with Crippen LogP contribution in [0.5, 0.6) is 0 Å². The maximum Gasteiger partial charge on any atom is 0.0710 e. The van der Waals surface area contributed by atoms with Crippen LogP contribution in [0.2, 0.25) is 5.02 Å². The molecule has 1 heterocycles. The summed E-state index contributed by atoms with van der Waals surface area (Å²) in [5.74, 6) is 0. The van der Waals surface area contributed by atoms with Gasteiger partial charge < -0.3 is 5.32 Å². The van der Waals surface area contributed by atoms with Crippen molar-refractivity contribution in [3.63, 3.8) is 0 Å². The molecular weight excluding hydrogens is 210 g/mol. The molecule has 15 heavy (non-hydrogen) atoms. The van der Waals surface area contributed by atoms with E-state index in [1.165, 1.54) is 0 Å². The number of H-pyrrole nitrogens is 1. The number of hydrogen-bond donors (Lipinski definition) is 2. The van der Waals surface area contributed by atoms with Gasteiger partial charge in [-0.2, -0.15) is 5.10 Å². The zero-order valence-corrected chi connectivity index (χ0v) is 9.17. The van der Waals surface area contributed by atoms with Gasteiger partial charge in [-0.1, -0.05) is 29.8 Å². The van der Waals surface area contributed by atoms with Crippen LogP contribution in [0.4, 0.5) is 0 Å². The van der Waals surface area contributed by atoms with Gasteiger partial charge >= 0.3 is 0 Å². The number of benzene rings is 1. The van der Waals surface area contributed by atoms with E-state index in [1.54, 1.807) is 0 Å². The molecule has 0 aliphatic heterocycles. The number of aromatic nitrogens is 2. The molecule has 0 unspecified atom stereocenters. The van der Waals surface area contributed by atoms with E-state index in [9.17, 15) is 0 Å². The molecule has 0 aliphatic rings. The van der Waals surface area contributed by atoms with Crippen LogP contribution in [0, 0.1) is 0 Å². The molecule has 4 heteroatoms. The van der Waals surface area contributed by atoms with Crippen molar-refractivity contribution < 1.29 is 0 Å². The summed E-state index contributed by atoms with van der Waals surface area (Å²) in [6.45, 7) is 0.775. The Labute approximate surface area is 93.5 Å². The largest absolute Gasteiger partial charge is 0.316 e. The molecule has 0 radical (unpaired) electrons. The monoisotopic (exact) mass is 221 g/mol. The fraction of sp³-hybridized carbons (Fsp3) is 0.182. The molecule has 1 aromatic carbocycles. The Balaban J connectivity index is 2.45. The smallest absolute Gasteiger partial charge is 0.0710 e. The summed E-state index contributed by atoms with van der Waals surface area (Å²) in [5.41, 5.74) is 3.09. The maximum atomic E-state index is 6.12. The number of halogens is 1. The Morgan fingerprint density at radius 3 is 2.93 bits per heavy atom. The average Bonchev–Trinajstić information content (AvgIpc) is 2.67. The third-order valence-corrected chi connectivity index (χ3v) is 2.56. The lowest BCUT2D eigenvalue weighted by atomic mass is 10.1. The number of nitrogens with zero attached hydrogens (tertiary/aromatic N) is 1. The topological polar surface area (TPSA) is 40.7 Å². The van der Waals surface area contributed by atoms with Crippen molar-refractivity contribution in [2.24, 2.45) is 0 Å². The van der Waals surface area contributed by atoms with Crippen molar-refractivity contribution in [1.29, 1.82) is 0 Å². The van der Waals surface area contributed by atoms with Gasteiger partial charge in [0.05, 0.1) is 11.9 Å². The quantitative estimate of drug-likeness (QED) is 0.836. The van der Waals surface area contributed by atoms with Crippen LogP contribution >= 0.6 is 11.6 Å². The molecule has 0 spiro atoms. The van der Waals surface area contributed by atoms with Gasteiger partial charge in [-0.25, -0.2) is 0 Å². The second-order valence-electron chi connectivity index (χ2n) is 3.28. The van der Waals surface area contributed by atoms with E-state index in [0.717, 1.165) is 28.4 Å². The Bertz CT molecular complexity index is 451. The summed E-state index contributed by atoms with van der Waals surface area (Å²) >= 11 is 6.12. The molecule has 1 aromatic heterocycles. The van der Waals surface area contributed by atoms with E-state index in [1.807, 2.05) is 37.5 Å². The molecule has 3 nitrogen and oxygen atoms in total. The minimum Gasteiger partial charge on any atom is -0.316 e. The third kappa shape index (κ3) is 2.03. The van der Waals surface area contributed by atoms with Crippen LogP contribution in [0.1, 0.15) is 5.56 Å². The van der Waals surface area contributed by atoms with Crippen LogP contribution in [0.3, 0.4) is 0 Å². The highest BCUT2D eigenvalue weighted by atomic mass is 35.5. The predicted molar refractivity (Wildman–Crippen MR) is 61.8 cm³/mol. The van der Waals surface area contributed by atoms with Gasteiger partial charge in [0.2, 0.25) is 0 Å². The second-order valence-corrected chi connectivity index (χ2v) is 3.69. The molecule has 0 bridgehead atoms. The minimum absolute atomic E-state index is 0.735. The fourth-order valence-corrected chi connectivity index (χ4v) is 1.76. The molecule has 0 fully saturated rings. The lowest BCUT2D eigenvalue weighted by molar-refractivity contribution is 0.820. The summed E-state index contributed by atoms with van der Waals surface area (Å²) in [4.78, 5) is 0. The number of aromatic amines is 1. The van der Waals surface area contributed by atoms with Gasteiger partial charge in [-0.3, -0.25) is 5.10 Å². The average molecular weight is 222 g/mol. The summed E-state index contributed by atoms with van der Waals surface area (Å²) in [5, 5.41) is 10.8. The van der Waals surface area contributed by atoms with Crippen molar-refractivity contribution in [2.75, 3.05) is 7.05 Å². The van der Waals surface area contributed by atoms with Crippen molar-refractivity contribution in [1.82, 2.24) is 15.5 Å². The van der Waals surface area contributed by atoms with Gasteiger partial charge in [-0.05, 0) is 13.1 Å². The van der Waals surface area contributed by atoms with Gasteiger partial charge in [0.15, 0.2) is 0 Å². The maximum absolute atomic E-state index is 6.12.